The van der Waals surface area contributed by atoms with Crippen LogP contribution in [-0.2, 0) is 10.0 Å². The third-order valence-electron chi connectivity index (χ3n) is 5.65. The molecule has 1 unspecified atom stereocenters. The second-order valence-electron chi connectivity index (χ2n) is 7.70. The summed E-state index contributed by atoms with van der Waals surface area (Å²) in [4.78, 5) is 4.72. The van der Waals surface area contributed by atoms with Gasteiger partial charge < -0.3 is 18.7 Å². The van der Waals surface area contributed by atoms with Crippen LogP contribution in [0.2, 0.25) is 0 Å². The maximum atomic E-state index is 13.3. The summed E-state index contributed by atoms with van der Waals surface area (Å²) in [6, 6.07) is 12.1. The molecule has 5 rings (SSSR count). The molecule has 10 heteroatoms. The van der Waals surface area contributed by atoms with E-state index in [0.29, 0.717) is 55.1 Å². The van der Waals surface area contributed by atoms with Crippen molar-refractivity contribution in [2.24, 2.45) is 0 Å². The van der Waals surface area contributed by atoms with E-state index in [-0.39, 0.29) is 17.4 Å². The Morgan fingerprint density at radius 3 is 2.78 bits per heavy atom. The van der Waals surface area contributed by atoms with Gasteiger partial charge in [0, 0.05) is 24.7 Å². The van der Waals surface area contributed by atoms with Crippen LogP contribution in [0.3, 0.4) is 0 Å². The standard InChI is InChI=1S/C22H23N3O6S/c1-28-17-6-2-4-15(12-17)21-23-22(31-24-21)16-5-3-9-25(14-16)32(26,27)18-7-8-19-20(13-18)30-11-10-29-19/h2,4,6-8,12-13,16H,3,5,9-11,14H2,1H3. The monoisotopic (exact) mass is 457 g/mol. The number of hydrogen-bond acceptors (Lipinski definition) is 8. The lowest BCUT2D eigenvalue weighted by molar-refractivity contribution is 0.171. The summed E-state index contributed by atoms with van der Waals surface area (Å²) in [6.07, 6.45) is 1.47. The molecule has 1 fully saturated rings. The molecule has 3 heterocycles. The van der Waals surface area contributed by atoms with Crippen LogP contribution in [0.5, 0.6) is 17.2 Å². The van der Waals surface area contributed by atoms with Gasteiger partial charge in [0.2, 0.25) is 21.7 Å². The number of piperidine rings is 1. The summed E-state index contributed by atoms with van der Waals surface area (Å²) in [6.45, 7) is 1.56. The molecular weight excluding hydrogens is 434 g/mol. The SMILES string of the molecule is COc1cccc(-c2noc(C3CCCN(S(=O)(=O)c4ccc5c(c4)OCCO5)C3)n2)c1. The van der Waals surface area contributed by atoms with Crippen molar-refractivity contribution in [3.8, 4) is 28.6 Å². The fourth-order valence-electron chi connectivity index (χ4n) is 3.98. The molecule has 0 radical (unpaired) electrons. The van der Waals surface area contributed by atoms with Crippen molar-refractivity contribution in [3.63, 3.8) is 0 Å². The maximum absolute atomic E-state index is 13.3. The van der Waals surface area contributed by atoms with Crippen molar-refractivity contribution in [1.82, 2.24) is 14.4 Å². The van der Waals surface area contributed by atoms with E-state index in [1.807, 2.05) is 24.3 Å². The minimum absolute atomic E-state index is 0.178. The Balaban J connectivity index is 1.36. The van der Waals surface area contributed by atoms with E-state index in [9.17, 15) is 8.42 Å². The maximum Gasteiger partial charge on any atom is 0.243 e. The van der Waals surface area contributed by atoms with Crippen LogP contribution in [0.15, 0.2) is 51.9 Å². The van der Waals surface area contributed by atoms with E-state index in [4.69, 9.17) is 18.7 Å². The van der Waals surface area contributed by atoms with Crippen molar-refractivity contribution in [2.45, 2.75) is 23.7 Å². The Morgan fingerprint density at radius 2 is 1.94 bits per heavy atom. The van der Waals surface area contributed by atoms with Gasteiger partial charge in [-0.15, -0.1) is 0 Å². The molecular formula is C22H23N3O6S. The van der Waals surface area contributed by atoms with E-state index in [2.05, 4.69) is 10.1 Å². The first-order valence-corrected chi connectivity index (χ1v) is 11.9. The molecule has 0 bridgehead atoms. The van der Waals surface area contributed by atoms with Crippen LogP contribution >= 0.6 is 0 Å². The van der Waals surface area contributed by atoms with Gasteiger partial charge in [0.25, 0.3) is 0 Å². The molecule has 2 aromatic carbocycles. The molecule has 0 saturated carbocycles. The van der Waals surface area contributed by atoms with Crippen LogP contribution in [0.1, 0.15) is 24.7 Å². The van der Waals surface area contributed by atoms with Crippen molar-refractivity contribution in [2.75, 3.05) is 33.4 Å². The Hall–Kier alpha value is -3.11. The average Bonchev–Trinajstić information content (AvgIpc) is 3.34. The summed E-state index contributed by atoms with van der Waals surface area (Å²) < 4.78 is 49.9. The topological polar surface area (TPSA) is 104 Å². The van der Waals surface area contributed by atoms with Gasteiger partial charge in [0.05, 0.1) is 17.9 Å². The summed E-state index contributed by atoms with van der Waals surface area (Å²) in [5.41, 5.74) is 0.774. The van der Waals surface area contributed by atoms with Crippen LogP contribution in [-0.4, -0.2) is 56.3 Å². The first-order valence-electron chi connectivity index (χ1n) is 10.4. The Kier molecular flexibility index (Phi) is 5.48. The van der Waals surface area contributed by atoms with Crippen molar-refractivity contribution in [1.29, 1.82) is 0 Å². The van der Waals surface area contributed by atoms with Crippen LogP contribution in [0, 0.1) is 0 Å². The van der Waals surface area contributed by atoms with Gasteiger partial charge in [-0.2, -0.15) is 9.29 Å². The van der Waals surface area contributed by atoms with Gasteiger partial charge in [0.15, 0.2) is 11.5 Å². The number of fused-ring (bicyclic) bond motifs is 1. The van der Waals surface area contributed by atoms with E-state index in [1.165, 1.54) is 10.4 Å². The highest BCUT2D eigenvalue weighted by molar-refractivity contribution is 7.89. The molecule has 9 nitrogen and oxygen atoms in total. The number of sulfonamides is 1. The molecule has 2 aliphatic rings. The van der Waals surface area contributed by atoms with Gasteiger partial charge in [-0.1, -0.05) is 17.3 Å². The van der Waals surface area contributed by atoms with E-state index >= 15 is 0 Å². The summed E-state index contributed by atoms with van der Waals surface area (Å²) in [5.74, 6) is 2.41. The summed E-state index contributed by atoms with van der Waals surface area (Å²) >= 11 is 0. The molecule has 168 valence electrons. The number of nitrogens with zero attached hydrogens (tertiary/aromatic N) is 3. The van der Waals surface area contributed by atoms with E-state index in [1.54, 1.807) is 19.2 Å². The molecule has 0 aliphatic carbocycles. The van der Waals surface area contributed by atoms with E-state index < -0.39 is 10.0 Å². The van der Waals surface area contributed by atoms with Crippen LogP contribution < -0.4 is 14.2 Å². The highest BCUT2D eigenvalue weighted by Gasteiger charge is 2.34. The largest absolute Gasteiger partial charge is 0.497 e. The number of ether oxygens (including phenoxy) is 3. The molecule has 0 spiro atoms. The molecule has 0 amide bonds. The lowest BCUT2D eigenvalue weighted by Crippen LogP contribution is -2.39. The molecule has 3 aromatic rings. The van der Waals surface area contributed by atoms with Gasteiger partial charge >= 0.3 is 0 Å². The van der Waals surface area contributed by atoms with Crippen LogP contribution in [0.4, 0.5) is 0 Å². The summed E-state index contributed by atoms with van der Waals surface area (Å²) in [5, 5.41) is 4.09. The molecule has 32 heavy (non-hydrogen) atoms. The number of hydrogen-bond donors (Lipinski definition) is 0. The number of benzene rings is 2. The Morgan fingerprint density at radius 1 is 1.09 bits per heavy atom. The minimum atomic E-state index is -3.70. The Labute approximate surface area is 185 Å². The molecule has 1 atom stereocenters. The smallest absolute Gasteiger partial charge is 0.243 e. The molecule has 1 saturated heterocycles. The quantitative estimate of drug-likeness (QED) is 0.576. The molecule has 1 aromatic heterocycles. The normalized spacial score (nSPS) is 19.0. The van der Waals surface area contributed by atoms with Crippen molar-refractivity contribution in [3.05, 3.63) is 48.4 Å². The molecule has 2 aliphatic heterocycles. The van der Waals surface area contributed by atoms with Gasteiger partial charge in [-0.25, -0.2) is 8.42 Å². The second kappa shape index (κ2) is 8.44. The predicted molar refractivity (Wildman–Crippen MR) is 114 cm³/mol. The molecule has 0 N–H and O–H groups in total. The lowest BCUT2D eigenvalue weighted by Gasteiger charge is -2.30. The number of rotatable bonds is 5. The predicted octanol–water partition coefficient (Wildman–Crippen LogP) is 3.08. The second-order valence-corrected chi connectivity index (χ2v) is 9.63. The van der Waals surface area contributed by atoms with E-state index in [0.717, 1.165) is 12.0 Å². The van der Waals surface area contributed by atoms with Gasteiger partial charge in [-0.3, -0.25) is 0 Å². The zero-order valence-corrected chi connectivity index (χ0v) is 18.4. The fourth-order valence-corrected chi connectivity index (χ4v) is 5.52. The zero-order chi connectivity index (χ0) is 22.1. The minimum Gasteiger partial charge on any atom is -0.497 e. The zero-order valence-electron chi connectivity index (χ0n) is 17.6. The third kappa shape index (κ3) is 3.91. The fraction of sp³-hybridized carbons (Fsp3) is 0.364. The lowest BCUT2D eigenvalue weighted by atomic mass is 10.00. The van der Waals surface area contributed by atoms with Crippen LogP contribution in [0.25, 0.3) is 11.4 Å². The van der Waals surface area contributed by atoms with Crippen molar-refractivity contribution >= 4 is 10.0 Å². The van der Waals surface area contributed by atoms with Crippen molar-refractivity contribution < 1.29 is 27.2 Å². The average molecular weight is 458 g/mol. The number of methoxy groups -OCH3 is 1. The third-order valence-corrected chi connectivity index (χ3v) is 7.52. The van der Waals surface area contributed by atoms with Gasteiger partial charge in [-0.05, 0) is 37.1 Å². The highest BCUT2D eigenvalue weighted by Crippen LogP contribution is 2.35. The van der Waals surface area contributed by atoms with Gasteiger partial charge in [0.1, 0.15) is 19.0 Å². The Bertz CT molecular complexity index is 1230. The first kappa shape index (κ1) is 20.8. The number of aromatic nitrogens is 2. The highest BCUT2D eigenvalue weighted by atomic mass is 32.2. The first-order chi connectivity index (χ1) is 15.5. The summed E-state index contributed by atoms with van der Waals surface area (Å²) in [7, 11) is -2.10.